The second-order valence-corrected chi connectivity index (χ2v) is 6.34. The third-order valence-corrected chi connectivity index (χ3v) is 4.63. The van der Waals surface area contributed by atoms with Crippen LogP contribution in [0.5, 0.6) is 0 Å². The minimum atomic E-state index is 0.0493. The standard InChI is InChI=1S/C18H24N2O/c1-12-9-10-16-15(11-12)13(2)17(20-16)18(21)19-14-7-5-3-4-6-8-14/h9-11,14,20H,3-8H2,1-2H3,(H,19,21). The number of benzene rings is 1. The zero-order chi connectivity index (χ0) is 14.8. The molecule has 1 aliphatic rings. The Morgan fingerprint density at radius 1 is 1.14 bits per heavy atom. The maximum absolute atomic E-state index is 12.6. The van der Waals surface area contributed by atoms with Gasteiger partial charge in [0.1, 0.15) is 5.69 Å². The molecule has 1 aromatic carbocycles. The summed E-state index contributed by atoms with van der Waals surface area (Å²) in [4.78, 5) is 15.8. The van der Waals surface area contributed by atoms with Crippen molar-refractivity contribution in [3.05, 3.63) is 35.0 Å². The Balaban J connectivity index is 1.82. The van der Waals surface area contributed by atoms with Crippen LogP contribution in [-0.2, 0) is 0 Å². The quantitative estimate of drug-likeness (QED) is 0.796. The normalized spacial score (nSPS) is 16.9. The number of aryl methyl sites for hydroxylation is 2. The van der Waals surface area contributed by atoms with E-state index in [4.69, 9.17) is 0 Å². The molecule has 112 valence electrons. The zero-order valence-corrected chi connectivity index (χ0v) is 13.0. The molecule has 0 atom stereocenters. The Morgan fingerprint density at radius 3 is 2.57 bits per heavy atom. The molecule has 0 aliphatic heterocycles. The van der Waals surface area contributed by atoms with Crippen LogP contribution >= 0.6 is 0 Å². The first-order valence-electron chi connectivity index (χ1n) is 8.05. The van der Waals surface area contributed by atoms with E-state index in [0.717, 1.165) is 35.0 Å². The van der Waals surface area contributed by atoms with Gasteiger partial charge in [-0.2, -0.15) is 0 Å². The molecule has 0 bridgehead atoms. The summed E-state index contributed by atoms with van der Waals surface area (Å²) >= 11 is 0. The lowest BCUT2D eigenvalue weighted by atomic mass is 10.1. The summed E-state index contributed by atoms with van der Waals surface area (Å²) in [6.45, 7) is 4.11. The predicted octanol–water partition coefficient (Wildman–Crippen LogP) is 4.24. The van der Waals surface area contributed by atoms with Crippen LogP contribution in [0.4, 0.5) is 0 Å². The number of fused-ring (bicyclic) bond motifs is 1. The van der Waals surface area contributed by atoms with Gasteiger partial charge in [-0.15, -0.1) is 0 Å². The van der Waals surface area contributed by atoms with Crippen LogP contribution in [0, 0.1) is 13.8 Å². The van der Waals surface area contributed by atoms with Gasteiger partial charge in [0.2, 0.25) is 0 Å². The van der Waals surface area contributed by atoms with E-state index in [0.29, 0.717) is 6.04 Å². The Hall–Kier alpha value is -1.77. The average molecular weight is 284 g/mol. The van der Waals surface area contributed by atoms with Gasteiger partial charge in [-0.25, -0.2) is 0 Å². The fourth-order valence-corrected chi connectivity index (χ4v) is 3.35. The highest BCUT2D eigenvalue weighted by molar-refractivity contribution is 6.01. The van der Waals surface area contributed by atoms with Crippen LogP contribution in [0.2, 0.25) is 0 Å². The van der Waals surface area contributed by atoms with Crippen LogP contribution in [0.3, 0.4) is 0 Å². The lowest BCUT2D eigenvalue weighted by molar-refractivity contribution is 0.0928. The van der Waals surface area contributed by atoms with Crippen LogP contribution in [0.1, 0.15) is 60.1 Å². The van der Waals surface area contributed by atoms with Gasteiger partial charge in [0, 0.05) is 16.9 Å². The molecule has 2 N–H and O–H groups in total. The molecule has 21 heavy (non-hydrogen) atoms. The van der Waals surface area contributed by atoms with Gasteiger partial charge in [-0.1, -0.05) is 37.3 Å². The molecule has 3 heteroatoms. The van der Waals surface area contributed by atoms with Gasteiger partial charge >= 0.3 is 0 Å². The monoisotopic (exact) mass is 284 g/mol. The maximum Gasteiger partial charge on any atom is 0.268 e. The molecule has 3 rings (SSSR count). The number of nitrogens with one attached hydrogen (secondary N) is 2. The molecule has 0 spiro atoms. The van der Waals surface area contributed by atoms with Gasteiger partial charge in [0.15, 0.2) is 0 Å². The SMILES string of the molecule is Cc1ccc2[nH]c(C(=O)NC3CCCCCC3)c(C)c2c1. The van der Waals surface area contributed by atoms with Crippen molar-refractivity contribution in [2.24, 2.45) is 0 Å². The lowest BCUT2D eigenvalue weighted by Crippen LogP contribution is -2.34. The minimum Gasteiger partial charge on any atom is -0.350 e. The molecule has 1 heterocycles. The molecule has 1 amide bonds. The molecule has 0 saturated heterocycles. The summed E-state index contributed by atoms with van der Waals surface area (Å²) in [5, 5.41) is 4.38. The fraction of sp³-hybridized carbons (Fsp3) is 0.500. The lowest BCUT2D eigenvalue weighted by Gasteiger charge is -2.15. The summed E-state index contributed by atoms with van der Waals surface area (Å²) in [6, 6.07) is 6.61. The minimum absolute atomic E-state index is 0.0493. The average Bonchev–Trinajstić information content (AvgIpc) is 2.65. The van der Waals surface area contributed by atoms with E-state index in [1.54, 1.807) is 0 Å². The second kappa shape index (κ2) is 5.92. The van der Waals surface area contributed by atoms with Crippen LogP contribution in [0.25, 0.3) is 10.9 Å². The van der Waals surface area contributed by atoms with Gasteiger partial charge in [-0.05, 0) is 44.4 Å². The Morgan fingerprint density at radius 2 is 1.86 bits per heavy atom. The van der Waals surface area contributed by atoms with E-state index in [1.165, 1.54) is 31.2 Å². The first-order chi connectivity index (χ1) is 10.1. The summed E-state index contributed by atoms with van der Waals surface area (Å²) in [7, 11) is 0. The second-order valence-electron chi connectivity index (χ2n) is 6.34. The molecule has 0 unspecified atom stereocenters. The molecular weight excluding hydrogens is 260 g/mol. The van der Waals surface area contributed by atoms with E-state index in [9.17, 15) is 4.79 Å². The number of amides is 1. The van der Waals surface area contributed by atoms with Crippen molar-refractivity contribution in [1.29, 1.82) is 0 Å². The van der Waals surface area contributed by atoms with E-state index in [2.05, 4.69) is 35.4 Å². The molecule has 1 aliphatic carbocycles. The smallest absolute Gasteiger partial charge is 0.268 e. The van der Waals surface area contributed by atoms with Crippen molar-refractivity contribution in [3.8, 4) is 0 Å². The van der Waals surface area contributed by atoms with Crippen molar-refractivity contribution < 1.29 is 4.79 Å². The van der Waals surface area contributed by atoms with Crippen molar-refractivity contribution in [3.63, 3.8) is 0 Å². The first kappa shape index (κ1) is 14.2. The molecule has 1 fully saturated rings. The maximum atomic E-state index is 12.6. The largest absolute Gasteiger partial charge is 0.350 e. The zero-order valence-electron chi connectivity index (χ0n) is 13.0. The van der Waals surface area contributed by atoms with Crippen LogP contribution in [-0.4, -0.2) is 16.9 Å². The molecular formula is C18H24N2O. The molecule has 3 nitrogen and oxygen atoms in total. The number of aromatic amines is 1. The number of carbonyl (C=O) groups is 1. The Labute approximate surface area is 126 Å². The number of carbonyl (C=O) groups excluding carboxylic acids is 1. The van der Waals surface area contributed by atoms with Gasteiger partial charge < -0.3 is 10.3 Å². The third kappa shape index (κ3) is 2.97. The fourth-order valence-electron chi connectivity index (χ4n) is 3.35. The molecule has 1 saturated carbocycles. The van der Waals surface area contributed by atoms with E-state index < -0.39 is 0 Å². The molecule has 2 aromatic rings. The summed E-state index contributed by atoms with van der Waals surface area (Å²) < 4.78 is 0. The van der Waals surface area contributed by atoms with Crippen LogP contribution in [0.15, 0.2) is 18.2 Å². The number of aromatic nitrogens is 1. The van der Waals surface area contributed by atoms with Crippen molar-refractivity contribution in [2.75, 3.05) is 0 Å². The Kier molecular flexibility index (Phi) is 4.00. The summed E-state index contributed by atoms with van der Waals surface area (Å²) in [6.07, 6.45) is 7.30. The van der Waals surface area contributed by atoms with E-state index in [1.807, 2.05) is 6.92 Å². The van der Waals surface area contributed by atoms with Gasteiger partial charge in [0.25, 0.3) is 5.91 Å². The number of hydrogen-bond donors (Lipinski definition) is 2. The van der Waals surface area contributed by atoms with Crippen molar-refractivity contribution >= 4 is 16.8 Å². The van der Waals surface area contributed by atoms with Crippen molar-refractivity contribution in [1.82, 2.24) is 10.3 Å². The van der Waals surface area contributed by atoms with Crippen LogP contribution < -0.4 is 5.32 Å². The highest BCUT2D eigenvalue weighted by Gasteiger charge is 2.19. The number of hydrogen-bond acceptors (Lipinski definition) is 1. The predicted molar refractivity (Wildman–Crippen MR) is 86.7 cm³/mol. The summed E-state index contributed by atoms with van der Waals surface area (Å²) in [5.41, 5.74) is 4.05. The number of H-pyrrole nitrogens is 1. The van der Waals surface area contributed by atoms with Gasteiger partial charge in [0.05, 0.1) is 0 Å². The third-order valence-electron chi connectivity index (χ3n) is 4.63. The molecule has 1 aromatic heterocycles. The highest BCUT2D eigenvalue weighted by Crippen LogP contribution is 2.23. The number of rotatable bonds is 2. The molecule has 0 radical (unpaired) electrons. The van der Waals surface area contributed by atoms with Gasteiger partial charge in [-0.3, -0.25) is 4.79 Å². The topological polar surface area (TPSA) is 44.9 Å². The summed E-state index contributed by atoms with van der Waals surface area (Å²) in [5.74, 6) is 0.0493. The van der Waals surface area contributed by atoms with E-state index in [-0.39, 0.29) is 5.91 Å². The van der Waals surface area contributed by atoms with Crippen molar-refractivity contribution in [2.45, 2.75) is 58.4 Å². The highest BCUT2D eigenvalue weighted by atomic mass is 16.1. The Bertz CT molecular complexity index is 649. The van der Waals surface area contributed by atoms with E-state index >= 15 is 0 Å². The first-order valence-corrected chi connectivity index (χ1v) is 8.05.